The summed E-state index contributed by atoms with van der Waals surface area (Å²) < 4.78 is 5.82. The number of hydrogen-bond acceptors (Lipinski definition) is 5. The number of aromatic amines is 1. The highest BCUT2D eigenvalue weighted by Crippen LogP contribution is 2.42. The molecule has 3 aromatic rings. The number of nitrogens with zero attached hydrogens (tertiary/aromatic N) is 2. The van der Waals surface area contributed by atoms with E-state index in [2.05, 4.69) is 18.8 Å². The van der Waals surface area contributed by atoms with Gasteiger partial charge in [0.2, 0.25) is 0 Å². The van der Waals surface area contributed by atoms with Crippen LogP contribution in [-0.2, 0) is 9.59 Å². The molecule has 0 bridgehead atoms. The van der Waals surface area contributed by atoms with E-state index in [9.17, 15) is 14.7 Å². The van der Waals surface area contributed by atoms with Gasteiger partial charge in [-0.05, 0) is 51.2 Å². The Morgan fingerprint density at radius 1 is 1.14 bits per heavy atom. The predicted octanol–water partition coefficient (Wildman–Crippen LogP) is 4.58. The second kappa shape index (κ2) is 10.4. The lowest BCUT2D eigenvalue weighted by molar-refractivity contribution is -0.139. The summed E-state index contributed by atoms with van der Waals surface area (Å²) in [6.07, 6.45) is 2.53. The SMILES string of the molecule is CC(C)COc1cccc(/C(O)=C2\C(=O)C(=O)N(CCCN(C)C)C2c2c[nH]c3ccccc23)c1. The van der Waals surface area contributed by atoms with Crippen LogP contribution in [0, 0.1) is 5.92 Å². The number of hydrogen-bond donors (Lipinski definition) is 2. The Hall–Kier alpha value is -3.58. The van der Waals surface area contributed by atoms with Gasteiger partial charge in [-0.2, -0.15) is 0 Å². The molecule has 1 aliphatic rings. The maximum absolute atomic E-state index is 13.3. The lowest BCUT2D eigenvalue weighted by atomic mass is 9.95. The molecule has 2 aromatic carbocycles. The quantitative estimate of drug-likeness (QED) is 0.269. The van der Waals surface area contributed by atoms with E-state index in [4.69, 9.17) is 4.74 Å². The molecule has 0 radical (unpaired) electrons. The van der Waals surface area contributed by atoms with Crippen molar-refractivity contribution in [2.24, 2.45) is 5.92 Å². The van der Waals surface area contributed by atoms with Crippen molar-refractivity contribution in [2.45, 2.75) is 26.3 Å². The van der Waals surface area contributed by atoms with Gasteiger partial charge >= 0.3 is 0 Å². The Morgan fingerprint density at radius 2 is 1.91 bits per heavy atom. The first kappa shape index (κ1) is 24.5. The minimum absolute atomic E-state index is 0.102. The molecule has 7 heteroatoms. The zero-order valence-corrected chi connectivity index (χ0v) is 20.7. The monoisotopic (exact) mass is 475 g/mol. The minimum Gasteiger partial charge on any atom is -0.507 e. The molecule has 0 spiro atoms. The number of carbonyl (C=O) groups excluding carboxylic acids is 2. The molecule has 4 rings (SSSR count). The van der Waals surface area contributed by atoms with Crippen LogP contribution in [0.3, 0.4) is 0 Å². The molecule has 184 valence electrons. The predicted molar refractivity (Wildman–Crippen MR) is 137 cm³/mol. The van der Waals surface area contributed by atoms with Crippen molar-refractivity contribution in [3.63, 3.8) is 0 Å². The number of ketones is 1. The maximum Gasteiger partial charge on any atom is 0.295 e. The summed E-state index contributed by atoms with van der Waals surface area (Å²) in [6.45, 7) is 5.83. The molecule has 1 atom stereocenters. The number of aliphatic hydroxyl groups excluding tert-OH is 1. The van der Waals surface area contributed by atoms with E-state index >= 15 is 0 Å². The largest absolute Gasteiger partial charge is 0.507 e. The molecule has 1 fully saturated rings. The van der Waals surface area contributed by atoms with E-state index in [1.165, 1.54) is 0 Å². The fraction of sp³-hybridized carbons (Fsp3) is 0.357. The second-order valence-corrected chi connectivity index (χ2v) is 9.67. The Kier molecular flexibility index (Phi) is 7.26. The van der Waals surface area contributed by atoms with Crippen molar-refractivity contribution in [3.8, 4) is 5.75 Å². The summed E-state index contributed by atoms with van der Waals surface area (Å²) >= 11 is 0. The topological polar surface area (TPSA) is 85.9 Å². The molecular weight excluding hydrogens is 442 g/mol. The third kappa shape index (κ3) is 5.10. The summed E-state index contributed by atoms with van der Waals surface area (Å²) in [4.78, 5) is 33.4. The van der Waals surface area contributed by atoms with Gasteiger partial charge in [0.15, 0.2) is 0 Å². The van der Waals surface area contributed by atoms with Crippen LogP contribution in [0.5, 0.6) is 5.75 Å². The molecule has 0 aliphatic carbocycles. The van der Waals surface area contributed by atoms with Gasteiger partial charge in [-0.15, -0.1) is 0 Å². The molecule has 7 nitrogen and oxygen atoms in total. The highest BCUT2D eigenvalue weighted by atomic mass is 16.5. The van der Waals surface area contributed by atoms with E-state index in [1.54, 1.807) is 23.1 Å². The van der Waals surface area contributed by atoms with Gasteiger partial charge in [-0.3, -0.25) is 9.59 Å². The van der Waals surface area contributed by atoms with Crippen LogP contribution in [0.1, 0.15) is 37.4 Å². The molecule has 1 amide bonds. The number of amides is 1. The molecular formula is C28H33N3O4. The number of Topliss-reactive ketones (excluding diaryl/α,β-unsaturated/α-hetero) is 1. The van der Waals surface area contributed by atoms with E-state index in [0.717, 1.165) is 23.0 Å². The summed E-state index contributed by atoms with van der Waals surface area (Å²) in [5, 5.41) is 12.3. The first-order chi connectivity index (χ1) is 16.8. The molecule has 2 heterocycles. The van der Waals surface area contributed by atoms with Gasteiger partial charge < -0.3 is 24.6 Å². The fourth-order valence-corrected chi connectivity index (χ4v) is 4.46. The Morgan fingerprint density at radius 3 is 2.66 bits per heavy atom. The standard InChI is InChI=1S/C28H33N3O4/c1-18(2)17-35-20-10-7-9-19(15-20)26(32)24-25(22-16-29-23-12-6-5-11-21(22)23)31(28(34)27(24)33)14-8-13-30(3)4/h5-7,9-12,15-16,18,25,29,32H,8,13-14,17H2,1-4H3/b26-24+. The number of carbonyl (C=O) groups is 2. The summed E-state index contributed by atoms with van der Waals surface area (Å²) in [6, 6.07) is 14.1. The lowest BCUT2D eigenvalue weighted by Gasteiger charge is -2.25. The number of aromatic nitrogens is 1. The van der Waals surface area contributed by atoms with Crippen LogP contribution in [0.15, 0.2) is 60.3 Å². The third-order valence-corrected chi connectivity index (χ3v) is 6.15. The Bertz CT molecular complexity index is 1260. The van der Waals surface area contributed by atoms with Crippen LogP contribution < -0.4 is 4.74 Å². The zero-order valence-electron chi connectivity index (χ0n) is 20.7. The fourth-order valence-electron chi connectivity index (χ4n) is 4.46. The highest BCUT2D eigenvalue weighted by Gasteiger charge is 2.46. The number of benzene rings is 2. The summed E-state index contributed by atoms with van der Waals surface area (Å²) in [7, 11) is 3.94. The third-order valence-electron chi connectivity index (χ3n) is 6.15. The maximum atomic E-state index is 13.3. The van der Waals surface area contributed by atoms with Crippen LogP contribution in [-0.4, -0.2) is 65.4 Å². The van der Waals surface area contributed by atoms with Gasteiger partial charge in [-0.25, -0.2) is 0 Å². The van der Waals surface area contributed by atoms with E-state index in [0.29, 0.717) is 36.8 Å². The van der Waals surface area contributed by atoms with Gasteiger partial charge in [0.25, 0.3) is 11.7 Å². The van der Waals surface area contributed by atoms with E-state index in [1.807, 2.05) is 55.5 Å². The van der Waals surface area contributed by atoms with Crippen molar-refractivity contribution in [1.82, 2.24) is 14.8 Å². The van der Waals surface area contributed by atoms with Crippen molar-refractivity contribution >= 4 is 28.4 Å². The van der Waals surface area contributed by atoms with Crippen LogP contribution in [0.4, 0.5) is 0 Å². The molecule has 1 unspecified atom stereocenters. The van der Waals surface area contributed by atoms with Crippen LogP contribution >= 0.6 is 0 Å². The van der Waals surface area contributed by atoms with Gasteiger partial charge in [-0.1, -0.05) is 44.2 Å². The number of rotatable bonds is 9. The minimum atomic E-state index is -0.687. The number of para-hydroxylation sites is 1. The van der Waals surface area contributed by atoms with Crippen LogP contribution in [0.25, 0.3) is 16.7 Å². The van der Waals surface area contributed by atoms with E-state index in [-0.39, 0.29) is 11.3 Å². The Labute approximate surface area is 206 Å². The smallest absolute Gasteiger partial charge is 0.295 e. The number of ether oxygens (including phenoxy) is 1. The van der Waals surface area contributed by atoms with Crippen molar-refractivity contribution in [2.75, 3.05) is 33.8 Å². The molecule has 2 N–H and O–H groups in total. The first-order valence-corrected chi connectivity index (χ1v) is 12.0. The second-order valence-electron chi connectivity index (χ2n) is 9.67. The Balaban J connectivity index is 1.80. The normalized spacial score (nSPS) is 17.8. The first-order valence-electron chi connectivity index (χ1n) is 12.0. The number of aliphatic hydroxyl groups is 1. The number of fused-ring (bicyclic) bond motifs is 1. The average molecular weight is 476 g/mol. The average Bonchev–Trinajstić information content (AvgIpc) is 3.36. The van der Waals surface area contributed by atoms with E-state index < -0.39 is 17.7 Å². The van der Waals surface area contributed by atoms with Gasteiger partial charge in [0, 0.05) is 34.8 Å². The number of H-pyrrole nitrogens is 1. The molecule has 1 aliphatic heterocycles. The van der Waals surface area contributed by atoms with Gasteiger partial charge in [0.05, 0.1) is 18.2 Å². The molecule has 35 heavy (non-hydrogen) atoms. The highest BCUT2D eigenvalue weighted by molar-refractivity contribution is 6.46. The molecule has 0 saturated carbocycles. The van der Waals surface area contributed by atoms with Crippen molar-refractivity contribution < 1.29 is 19.4 Å². The van der Waals surface area contributed by atoms with Crippen molar-refractivity contribution in [3.05, 3.63) is 71.4 Å². The summed E-state index contributed by atoms with van der Waals surface area (Å²) in [5.74, 6) is -0.499. The molecule has 1 aromatic heterocycles. The van der Waals surface area contributed by atoms with Gasteiger partial charge in [0.1, 0.15) is 11.5 Å². The summed E-state index contributed by atoms with van der Waals surface area (Å²) in [5.41, 5.74) is 2.25. The van der Waals surface area contributed by atoms with Crippen molar-refractivity contribution in [1.29, 1.82) is 0 Å². The number of nitrogens with one attached hydrogen (secondary N) is 1. The number of likely N-dealkylation sites (tertiary alicyclic amines) is 1. The molecule has 1 saturated heterocycles. The lowest BCUT2D eigenvalue weighted by Crippen LogP contribution is -2.32. The van der Waals surface area contributed by atoms with Crippen LogP contribution in [0.2, 0.25) is 0 Å². The zero-order chi connectivity index (χ0) is 25.1.